The monoisotopic (exact) mass is 291 g/mol. The van der Waals surface area contributed by atoms with Crippen LogP contribution in [0.3, 0.4) is 0 Å². The number of rotatable bonds is 7. The Morgan fingerprint density at radius 3 is 2.95 bits per heavy atom. The van der Waals surface area contributed by atoms with Crippen molar-refractivity contribution in [2.75, 3.05) is 19.7 Å². The first-order valence-electron chi connectivity index (χ1n) is 7.83. The first-order chi connectivity index (χ1) is 10.2. The Bertz CT molecular complexity index is 461. The number of carboxylic acid groups (broad SMARTS) is 1. The van der Waals surface area contributed by atoms with Crippen LogP contribution in [0.4, 0.5) is 0 Å². The number of carboxylic acids is 1. The number of carbonyl (C=O) groups is 1. The number of hydrogen-bond donors (Lipinski definition) is 2. The van der Waals surface area contributed by atoms with Crippen molar-refractivity contribution in [3.05, 3.63) is 29.8 Å². The second-order valence-electron chi connectivity index (χ2n) is 5.91. The SMILES string of the molecule is CC1CCCCC1CNCCOc1cccc(C(=O)O)c1. The summed E-state index contributed by atoms with van der Waals surface area (Å²) in [6.07, 6.45) is 5.41. The molecular formula is C17H25NO3. The number of hydrogen-bond acceptors (Lipinski definition) is 3. The molecule has 2 atom stereocenters. The Morgan fingerprint density at radius 2 is 2.19 bits per heavy atom. The molecule has 2 unspecified atom stereocenters. The van der Waals surface area contributed by atoms with Crippen molar-refractivity contribution in [3.8, 4) is 5.75 Å². The Balaban J connectivity index is 1.65. The molecule has 4 nitrogen and oxygen atoms in total. The van der Waals surface area contributed by atoms with Crippen molar-refractivity contribution in [1.82, 2.24) is 5.32 Å². The van der Waals surface area contributed by atoms with Gasteiger partial charge in [0.25, 0.3) is 0 Å². The third-order valence-electron chi connectivity index (χ3n) is 4.32. The van der Waals surface area contributed by atoms with E-state index in [-0.39, 0.29) is 5.56 Å². The molecule has 1 aliphatic carbocycles. The molecule has 1 aromatic carbocycles. The predicted octanol–water partition coefficient (Wildman–Crippen LogP) is 3.18. The van der Waals surface area contributed by atoms with Crippen LogP contribution in [0.5, 0.6) is 5.75 Å². The molecule has 0 amide bonds. The summed E-state index contributed by atoms with van der Waals surface area (Å²) in [7, 11) is 0. The highest BCUT2D eigenvalue weighted by Crippen LogP contribution is 2.28. The first-order valence-corrected chi connectivity index (χ1v) is 7.83. The molecule has 0 radical (unpaired) electrons. The fourth-order valence-corrected chi connectivity index (χ4v) is 2.94. The highest BCUT2D eigenvalue weighted by molar-refractivity contribution is 5.87. The molecule has 0 saturated heterocycles. The van der Waals surface area contributed by atoms with Crippen molar-refractivity contribution in [3.63, 3.8) is 0 Å². The summed E-state index contributed by atoms with van der Waals surface area (Å²) in [6.45, 7) is 4.75. The summed E-state index contributed by atoms with van der Waals surface area (Å²) in [5.41, 5.74) is 0.261. The minimum absolute atomic E-state index is 0.261. The van der Waals surface area contributed by atoms with Crippen molar-refractivity contribution < 1.29 is 14.6 Å². The van der Waals surface area contributed by atoms with Gasteiger partial charge >= 0.3 is 5.97 Å². The van der Waals surface area contributed by atoms with Crippen LogP contribution in [0.25, 0.3) is 0 Å². The van der Waals surface area contributed by atoms with Crippen LogP contribution in [0, 0.1) is 11.8 Å². The fraction of sp³-hybridized carbons (Fsp3) is 0.588. The highest BCUT2D eigenvalue weighted by Gasteiger charge is 2.20. The topological polar surface area (TPSA) is 58.6 Å². The lowest BCUT2D eigenvalue weighted by Gasteiger charge is -2.28. The summed E-state index contributed by atoms with van der Waals surface area (Å²) in [4.78, 5) is 10.9. The molecule has 0 bridgehead atoms. The number of aromatic carboxylic acids is 1. The molecule has 0 aromatic heterocycles. The molecule has 0 heterocycles. The van der Waals surface area contributed by atoms with E-state index in [1.807, 2.05) is 0 Å². The Hall–Kier alpha value is -1.55. The Labute approximate surface area is 126 Å². The van der Waals surface area contributed by atoms with E-state index in [0.717, 1.165) is 24.9 Å². The summed E-state index contributed by atoms with van der Waals surface area (Å²) in [5, 5.41) is 12.4. The average molecular weight is 291 g/mol. The van der Waals surface area contributed by atoms with Crippen LogP contribution in [0.15, 0.2) is 24.3 Å². The summed E-state index contributed by atoms with van der Waals surface area (Å²) < 4.78 is 5.59. The summed E-state index contributed by atoms with van der Waals surface area (Å²) in [5.74, 6) is 1.29. The zero-order chi connectivity index (χ0) is 15.1. The quantitative estimate of drug-likeness (QED) is 0.758. The largest absolute Gasteiger partial charge is 0.492 e. The van der Waals surface area contributed by atoms with Crippen molar-refractivity contribution in [2.24, 2.45) is 11.8 Å². The van der Waals surface area contributed by atoms with Gasteiger partial charge in [-0.25, -0.2) is 4.79 Å². The summed E-state index contributed by atoms with van der Waals surface area (Å²) in [6, 6.07) is 6.62. The van der Waals surface area contributed by atoms with Gasteiger partial charge in [0.2, 0.25) is 0 Å². The molecule has 4 heteroatoms. The highest BCUT2D eigenvalue weighted by atomic mass is 16.5. The maximum Gasteiger partial charge on any atom is 0.335 e. The van der Waals surface area contributed by atoms with Gasteiger partial charge < -0.3 is 15.2 Å². The molecule has 1 aliphatic rings. The van der Waals surface area contributed by atoms with Gasteiger partial charge in [-0.05, 0) is 43.0 Å². The predicted molar refractivity (Wildman–Crippen MR) is 82.9 cm³/mol. The maximum absolute atomic E-state index is 10.9. The maximum atomic E-state index is 10.9. The van der Waals surface area contributed by atoms with Crippen molar-refractivity contribution >= 4 is 5.97 Å². The number of benzene rings is 1. The van der Waals surface area contributed by atoms with Crippen LogP contribution in [0.1, 0.15) is 43.0 Å². The van der Waals surface area contributed by atoms with E-state index in [1.165, 1.54) is 25.7 Å². The van der Waals surface area contributed by atoms with Gasteiger partial charge in [0, 0.05) is 6.54 Å². The molecule has 21 heavy (non-hydrogen) atoms. The van der Waals surface area contributed by atoms with E-state index in [4.69, 9.17) is 9.84 Å². The normalized spacial score (nSPS) is 22.0. The molecule has 2 N–H and O–H groups in total. The number of ether oxygens (including phenoxy) is 1. The molecule has 1 aromatic rings. The zero-order valence-electron chi connectivity index (χ0n) is 12.7. The van der Waals surface area contributed by atoms with Crippen molar-refractivity contribution in [1.29, 1.82) is 0 Å². The van der Waals surface area contributed by atoms with E-state index in [1.54, 1.807) is 24.3 Å². The van der Waals surface area contributed by atoms with Crippen LogP contribution in [0.2, 0.25) is 0 Å². The van der Waals surface area contributed by atoms with E-state index in [9.17, 15) is 4.79 Å². The van der Waals surface area contributed by atoms with Gasteiger partial charge in [0.05, 0.1) is 5.56 Å². The molecular weight excluding hydrogens is 266 g/mol. The second-order valence-corrected chi connectivity index (χ2v) is 5.91. The van der Waals surface area contributed by atoms with Gasteiger partial charge in [0.1, 0.15) is 12.4 Å². The molecule has 1 saturated carbocycles. The van der Waals surface area contributed by atoms with Crippen molar-refractivity contribution in [2.45, 2.75) is 32.6 Å². The van der Waals surface area contributed by atoms with Crippen LogP contribution >= 0.6 is 0 Å². The molecule has 1 fully saturated rings. The lowest BCUT2D eigenvalue weighted by Crippen LogP contribution is -2.31. The average Bonchev–Trinajstić information content (AvgIpc) is 2.49. The van der Waals surface area contributed by atoms with Gasteiger partial charge in [-0.1, -0.05) is 32.3 Å². The summed E-state index contributed by atoms with van der Waals surface area (Å²) >= 11 is 0. The lowest BCUT2D eigenvalue weighted by atomic mass is 9.80. The second kappa shape index (κ2) is 8.03. The molecule has 2 rings (SSSR count). The van der Waals surface area contributed by atoms with Crippen LogP contribution in [-0.4, -0.2) is 30.8 Å². The van der Waals surface area contributed by atoms with E-state index in [0.29, 0.717) is 12.4 Å². The van der Waals surface area contributed by atoms with E-state index >= 15 is 0 Å². The Kier molecular flexibility index (Phi) is 6.05. The Morgan fingerprint density at radius 1 is 1.38 bits per heavy atom. The lowest BCUT2D eigenvalue weighted by molar-refractivity contribution is 0.0696. The third-order valence-corrected chi connectivity index (χ3v) is 4.32. The minimum Gasteiger partial charge on any atom is -0.492 e. The third kappa shape index (κ3) is 5.05. The van der Waals surface area contributed by atoms with Gasteiger partial charge in [0.15, 0.2) is 0 Å². The molecule has 116 valence electrons. The zero-order valence-corrected chi connectivity index (χ0v) is 12.7. The minimum atomic E-state index is -0.926. The van der Waals surface area contributed by atoms with Crippen LogP contribution in [-0.2, 0) is 0 Å². The molecule has 0 spiro atoms. The van der Waals surface area contributed by atoms with E-state index < -0.39 is 5.97 Å². The van der Waals surface area contributed by atoms with Gasteiger partial charge in [-0.15, -0.1) is 0 Å². The fourth-order valence-electron chi connectivity index (χ4n) is 2.94. The van der Waals surface area contributed by atoms with Gasteiger partial charge in [-0.2, -0.15) is 0 Å². The number of nitrogens with one attached hydrogen (secondary N) is 1. The smallest absolute Gasteiger partial charge is 0.335 e. The van der Waals surface area contributed by atoms with E-state index in [2.05, 4.69) is 12.2 Å². The molecule has 0 aliphatic heterocycles. The standard InChI is InChI=1S/C17H25NO3/c1-13-5-2-3-6-15(13)12-18-9-10-21-16-8-4-7-14(11-16)17(19)20/h4,7-8,11,13,15,18H,2-3,5-6,9-10,12H2,1H3,(H,19,20). The van der Waals surface area contributed by atoms with Crippen LogP contribution < -0.4 is 10.1 Å². The first kappa shape index (κ1) is 15.8. The van der Waals surface area contributed by atoms with Gasteiger partial charge in [-0.3, -0.25) is 0 Å².